The second-order valence-electron chi connectivity index (χ2n) is 6.38. The smallest absolute Gasteiger partial charge is 0.195 e. The fourth-order valence-electron chi connectivity index (χ4n) is 2.82. The average Bonchev–Trinajstić information content (AvgIpc) is 3.01. The number of aromatic amines is 1. The Labute approximate surface area is 153 Å². The van der Waals surface area contributed by atoms with Gasteiger partial charge in [-0.25, -0.2) is 0 Å². The first-order chi connectivity index (χ1) is 12.1. The number of nitrogens with one attached hydrogen (secondary N) is 1. The topological polar surface area (TPSA) is 42.8 Å². The Hall–Kier alpha value is -2.40. The van der Waals surface area contributed by atoms with Gasteiger partial charge in [0.25, 0.3) is 0 Å². The molecule has 0 unspecified atom stereocenters. The van der Waals surface area contributed by atoms with Crippen LogP contribution in [0.3, 0.4) is 0 Å². The first-order valence-corrected chi connectivity index (χ1v) is 8.88. The van der Waals surface area contributed by atoms with Gasteiger partial charge in [0.05, 0.1) is 7.11 Å². The molecule has 0 aliphatic heterocycles. The molecule has 0 saturated heterocycles. The highest BCUT2D eigenvalue weighted by molar-refractivity contribution is 7.71. The van der Waals surface area contributed by atoms with E-state index in [0.29, 0.717) is 10.7 Å². The Morgan fingerprint density at radius 1 is 1.16 bits per heavy atom. The van der Waals surface area contributed by atoms with Gasteiger partial charge >= 0.3 is 0 Å². The first-order valence-electron chi connectivity index (χ1n) is 8.47. The van der Waals surface area contributed by atoms with Crippen molar-refractivity contribution in [2.24, 2.45) is 0 Å². The largest absolute Gasteiger partial charge is 0.497 e. The lowest BCUT2D eigenvalue weighted by molar-refractivity contribution is 0.414. The first kappa shape index (κ1) is 17.4. The van der Waals surface area contributed by atoms with E-state index in [1.54, 1.807) is 7.11 Å². The molecule has 0 saturated carbocycles. The van der Waals surface area contributed by atoms with Crippen molar-refractivity contribution < 1.29 is 4.74 Å². The van der Waals surface area contributed by atoms with Crippen molar-refractivity contribution in [3.8, 4) is 17.1 Å². The van der Waals surface area contributed by atoms with E-state index in [-0.39, 0.29) is 0 Å². The molecule has 3 rings (SSSR count). The van der Waals surface area contributed by atoms with E-state index >= 15 is 0 Å². The summed E-state index contributed by atoms with van der Waals surface area (Å²) in [7, 11) is 1.68. The van der Waals surface area contributed by atoms with Crippen LogP contribution in [-0.4, -0.2) is 21.9 Å². The highest BCUT2D eigenvalue weighted by Gasteiger charge is 2.10. The molecule has 4 nitrogen and oxygen atoms in total. The lowest BCUT2D eigenvalue weighted by Gasteiger charge is -2.10. The van der Waals surface area contributed by atoms with Gasteiger partial charge in [0.2, 0.25) is 0 Å². The van der Waals surface area contributed by atoms with Gasteiger partial charge in [-0.3, -0.25) is 9.67 Å². The summed E-state index contributed by atoms with van der Waals surface area (Å²) in [5.41, 5.74) is 3.63. The predicted octanol–water partition coefficient (Wildman–Crippen LogP) is 4.98. The SMILES string of the molecule is COc1ccc(CCn2c(-c3cccc(C(C)C)c3)n[nH]c2=S)cc1. The molecular weight excluding hydrogens is 330 g/mol. The number of hydrogen-bond donors (Lipinski definition) is 1. The van der Waals surface area contributed by atoms with E-state index in [1.807, 2.05) is 12.1 Å². The van der Waals surface area contributed by atoms with Crippen molar-refractivity contribution >= 4 is 12.2 Å². The zero-order valence-electron chi connectivity index (χ0n) is 14.8. The standard InChI is InChI=1S/C20H23N3OS/c1-14(2)16-5-4-6-17(13-16)19-21-22-20(25)23(19)12-11-15-7-9-18(24-3)10-8-15/h4-10,13-14H,11-12H2,1-3H3,(H,22,25). The summed E-state index contributed by atoms with van der Waals surface area (Å²) in [5.74, 6) is 2.24. The van der Waals surface area contributed by atoms with Gasteiger partial charge in [0.15, 0.2) is 10.6 Å². The fraction of sp³-hybridized carbons (Fsp3) is 0.300. The summed E-state index contributed by atoms with van der Waals surface area (Å²) >= 11 is 5.44. The second kappa shape index (κ2) is 7.66. The van der Waals surface area contributed by atoms with Crippen LogP contribution in [0.5, 0.6) is 5.75 Å². The van der Waals surface area contributed by atoms with Crippen LogP contribution in [0, 0.1) is 4.77 Å². The Balaban J connectivity index is 1.84. The molecule has 25 heavy (non-hydrogen) atoms. The molecule has 1 N–H and O–H groups in total. The molecule has 0 radical (unpaired) electrons. The number of rotatable bonds is 6. The van der Waals surface area contributed by atoms with E-state index in [2.05, 4.69) is 65.0 Å². The summed E-state index contributed by atoms with van der Waals surface area (Å²) in [6.07, 6.45) is 0.884. The summed E-state index contributed by atoms with van der Waals surface area (Å²) < 4.78 is 7.93. The van der Waals surface area contributed by atoms with E-state index in [0.717, 1.165) is 30.1 Å². The molecule has 0 aliphatic rings. The number of hydrogen-bond acceptors (Lipinski definition) is 3. The van der Waals surface area contributed by atoms with Crippen LogP contribution in [0.15, 0.2) is 48.5 Å². The second-order valence-corrected chi connectivity index (χ2v) is 6.77. The van der Waals surface area contributed by atoms with Gasteiger partial charge in [0.1, 0.15) is 5.75 Å². The molecule has 0 bridgehead atoms. The summed E-state index contributed by atoms with van der Waals surface area (Å²) in [6, 6.07) is 16.6. The fourth-order valence-corrected chi connectivity index (χ4v) is 3.04. The van der Waals surface area contributed by atoms with E-state index < -0.39 is 0 Å². The van der Waals surface area contributed by atoms with E-state index in [9.17, 15) is 0 Å². The molecule has 130 valence electrons. The lowest BCUT2D eigenvalue weighted by atomic mass is 10.0. The van der Waals surface area contributed by atoms with Gasteiger partial charge in [-0.1, -0.05) is 44.2 Å². The predicted molar refractivity (Wildman–Crippen MR) is 104 cm³/mol. The van der Waals surface area contributed by atoms with Crippen molar-refractivity contribution in [2.45, 2.75) is 32.7 Å². The maximum Gasteiger partial charge on any atom is 0.195 e. The quantitative estimate of drug-likeness (QED) is 0.635. The molecule has 1 aromatic heterocycles. The third-order valence-electron chi connectivity index (χ3n) is 4.35. The molecule has 0 atom stereocenters. The number of aromatic nitrogens is 3. The van der Waals surface area contributed by atoms with Crippen molar-refractivity contribution in [1.82, 2.24) is 14.8 Å². The van der Waals surface area contributed by atoms with Gasteiger partial charge in [-0.2, -0.15) is 5.10 Å². The average molecular weight is 353 g/mol. The maximum atomic E-state index is 5.44. The number of H-pyrrole nitrogens is 1. The van der Waals surface area contributed by atoms with Gasteiger partial charge in [-0.15, -0.1) is 0 Å². The zero-order chi connectivity index (χ0) is 17.8. The van der Waals surface area contributed by atoms with Crippen LogP contribution >= 0.6 is 12.2 Å². The Morgan fingerprint density at radius 2 is 1.92 bits per heavy atom. The van der Waals surface area contributed by atoms with Gasteiger partial charge in [0, 0.05) is 12.1 Å². The molecule has 5 heteroatoms. The van der Waals surface area contributed by atoms with Crippen LogP contribution in [0.25, 0.3) is 11.4 Å². The minimum Gasteiger partial charge on any atom is -0.497 e. The van der Waals surface area contributed by atoms with Crippen LogP contribution in [-0.2, 0) is 13.0 Å². The Morgan fingerprint density at radius 3 is 2.60 bits per heavy atom. The highest BCUT2D eigenvalue weighted by atomic mass is 32.1. The van der Waals surface area contributed by atoms with Crippen molar-refractivity contribution in [3.05, 3.63) is 64.4 Å². The van der Waals surface area contributed by atoms with Crippen LogP contribution in [0.1, 0.15) is 30.9 Å². The monoisotopic (exact) mass is 353 g/mol. The molecule has 0 aliphatic carbocycles. The summed E-state index contributed by atoms with van der Waals surface area (Å²) in [5, 5.41) is 7.39. The van der Waals surface area contributed by atoms with Gasteiger partial charge < -0.3 is 4.74 Å². The number of benzene rings is 2. The van der Waals surface area contributed by atoms with Crippen LogP contribution in [0.2, 0.25) is 0 Å². The van der Waals surface area contributed by atoms with E-state index in [4.69, 9.17) is 17.0 Å². The molecule has 0 spiro atoms. The Kier molecular flexibility index (Phi) is 5.34. The third kappa shape index (κ3) is 3.99. The number of aryl methyl sites for hydroxylation is 1. The molecule has 0 fully saturated rings. The maximum absolute atomic E-state index is 5.44. The third-order valence-corrected chi connectivity index (χ3v) is 4.66. The van der Waals surface area contributed by atoms with Crippen molar-refractivity contribution in [3.63, 3.8) is 0 Å². The molecule has 2 aromatic carbocycles. The summed E-state index contributed by atoms with van der Waals surface area (Å²) in [6.45, 7) is 5.17. The minimum atomic E-state index is 0.481. The van der Waals surface area contributed by atoms with E-state index in [1.165, 1.54) is 11.1 Å². The van der Waals surface area contributed by atoms with Crippen molar-refractivity contribution in [2.75, 3.05) is 7.11 Å². The van der Waals surface area contributed by atoms with Gasteiger partial charge in [-0.05, 0) is 53.9 Å². The van der Waals surface area contributed by atoms with Crippen molar-refractivity contribution in [1.29, 1.82) is 0 Å². The minimum absolute atomic E-state index is 0.481. The molecule has 1 heterocycles. The lowest BCUT2D eigenvalue weighted by Crippen LogP contribution is -2.04. The number of nitrogens with zero attached hydrogens (tertiary/aromatic N) is 2. The number of ether oxygens (including phenoxy) is 1. The Bertz CT molecular complexity index is 894. The van der Waals surface area contributed by atoms with Crippen LogP contribution in [0.4, 0.5) is 0 Å². The number of methoxy groups -OCH3 is 1. The molecule has 0 amide bonds. The summed E-state index contributed by atoms with van der Waals surface area (Å²) in [4.78, 5) is 0. The molecular formula is C20H23N3OS. The zero-order valence-corrected chi connectivity index (χ0v) is 15.6. The molecule has 3 aromatic rings. The van der Waals surface area contributed by atoms with Crippen LogP contribution < -0.4 is 4.74 Å². The highest BCUT2D eigenvalue weighted by Crippen LogP contribution is 2.23. The normalized spacial score (nSPS) is 11.0.